The van der Waals surface area contributed by atoms with Gasteiger partial charge in [0.25, 0.3) is 5.91 Å². The molecule has 23 heavy (non-hydrogen) atoms. The summed E-state index contributed by atoms with van der Waals surface area (Å²) in [5.41, 5.74) is -0.384. The van der Waals surface area contributed by atoms with Crippen molar-refractivity contribution >= 4 is 11.9 Å². The average molecular weight is 325 g/mol. The summed E-state index contributed by atoms with van der Waals surface area (Å²) in [7, 11) is 0. The van der Waals surface area contributed by atoms with Gasteiger partial charge >= 0.3 is 5.97 Å². The summed E-state index contributed by atoms with van der Waals surface area (Å²) in [6.45, 7) is -0.466. The smallest absolute Gasteiger partial charge is 0.341 e. The van der Waals surface area contributed by atoms with Crippen molar-refractivity contribution in [3.63, 3.8) is 0 Å². The molecule has 0 aromatic heterocycles. The molecule has 1 N–H and O–H groups in total. The van der Waals surface area contributed by atoms with Gasteiger partial charge in [0.1, 0.15) is 11.6 Å². The lowest BCUT2D eigenvalue weighted by Crippen LogP contribution is -2.38. The van der Waals surface area contributed by atoms with Crippen molar-refractivity contribution in [2.45, 2.75) is 51.0 Å². The van der Waals surface area contributed by atoms with Crippen molar-refractivity contribution in [3.8, 4) is 0 Å². The molecule has 1 amide bonds. The highest BCUT2D eigenvalue weighted by molar-refractivity contribution is 5.91. The third kappa shape index (κ3) is 5.62. The summed E-state index contributed by atoms with van der Waals surface area (Å²) in [5.74, 6) is -3.15. The standard InChI is InChI=1S/C17H21F2NO3/c18-12-8-9-14(15(19)10-12)17(22)23-11-16(21)20-13-6-4-2-1-3-5-7-13/h8-10,13H,1-7,11H2,(H,20,21). The summed E-state index contributed by atoms with van der Waals surface area (Å²) in [4.78, 5) is 23.6. The summed E-state index contributed by atoms with van der Waals surface area (Å²) in [6.07, 6.45) is 7.58. The number of hydrogen-bond donors (Lipinski definition) is 1. The van der Waals surface area contributed by atoms with E-state index in [1.807, 2.05) is 0 Å². The van der Waals surface area contributed by atoms with E-state index in [-0.39, 0.29) is 11.6 Å². The van der Waals surface area contributed by atoms with E-state index in [0.29, 0.717) is 6.07 Å². The molecule has 4 nitrogen and oxygen atoms in total. The molecule has 1 fully saturated rings. The Morgan fingerprint density at radius 3 is 2.39 bits per heavy atom. The Balaban J connectivity index is 1.80. The van der Waals surface area contributed by atoms with E-state index in [9.17, 15) is 18.4 Å². The normalized spacial score (nSPS) is 16.3. The monoisotopic (exact) mass is 325 g/mol. The zero-order valence-corrected chi connectivity index (χ0v) is 12.9. The fourth-order valence-corrected chi connectivity index (χ4v) is 2.73. The number of carbonyl (C=O) groups is 2. The van der Waals surface area contributed by atoms with Crippen LogP contribution in [0.15, 0.2) is 18.2 Å². The van der Waals surface area contributed by atoms with Crippen LogP contribution in [0.25, 0.3) is 0 Å². The first kappa shape index (κ1) is 17.4. The second-order valence-electron chi connectivity index (χ2n) is 5.81. The van der Waals surface area contributed by atoms with Crippen molar-refractivity contribution in [2.24, 2.45) is 0 Å². The Labute approximate surface area is 134 Å². The van der Waals surface area contributed by atoms with Crippen LogP contribution >= 0.6 is 0 Å². The Kier molecular flexibility index (Phi) is 6.50. The minimum Gasteiger partial charge on any atom is -0.452 e. The summed E-state index contributed by atoms with van der Waals surface area (Å²) >= 11 is 0. The van der Waals surface area contributed by atoms with Gasteiger partial charge in [-0.1, -0.05) is 32.1 Å². The molecule has 126 valence electrons. The molecule has 1 aromatic rings. The van der Waals surface area contributed by atoms with Gasteiger partial charge in [0.15, 0.2) is 6.61 Å². The number of amides is 1. The molecule has 0 heterocycles. The largest absolute Gasteiger partial charge is 0.452 e. The van der Waals surface area contributed by atoms with Crippen LogP contribution in [0.4, 0.5) is 8.78 Å². The van der Waals surface area contributed by atoms with Crippen LogP contribution in [0.1, 0.15) is 55.3 Å². The Bertz CT molecular complexity index is 555. The SMILES string of the molecule is O=C(COC(=O)c1ccc(F)cc1F)NC1CCCCCCC1. The van der Waals surface area contributed by atoms with Gasteiger partial charge in [0, 0.05) is 12.1 Å². The topological polar surface area (TPSA) is 55.4 Å². The first-order valence-electron chi connectivity index (χ1n) is 7.98. The molecule has 1 aliphatic rings. The molecular formula is C17H21F2NO3. The lowest BCUT2D eigenvalue weighted by Gasteiger charge is -2.20. The second-order valence-corrected chi connectivity index (χ2v) is 5.81. The number of halogens is 2. The molecule has 0 aliphatic heterocycles. The maximum absolute atomic E-state index is 13.4. The molecule has 0 atom stereocenters. The van der Waals surface area contributed by atoms with Crippen LogP contribution in [-0.2, 0) is 9.53 Å². The molecule has 6 heteroatoms. The lowest BCUT2D eigenvalue weighted by atomic mass is 9.97. The second kappa shape index (κ2) is 8.60. The van der Waals surface area contributed by atoms with Gasteiger partial charge in [-0.2, -0.15) is 0 Å². The first-order chi connectivity index (χ1) is 11.1. The first-order valence-corrected chi connectivity index (χ1v) is 7.98. The van der Waals surface area contributed by atoms with Crippen molar-refractivity contribution in [1.82, 2.24) is 5.32 Å². The van der Waals surface area contributed by atoms with E-state index in [4.69, 9.17) is 4.74 Å². The number of ether oxygens (including phenoxy) is 1. The number of carbonyl (C=O) groups excluding carboxylic acids is 2. The molecule has 2 rings (SSSR count). The van der Waals surface area contributed by atoms with Gasteiger partial charge < -0.3 is 10.1 Å². The van der Waals surface area contributed by atoms with Gasteiger partial charge in [-0.15, -0.1) is 0 Å². The van der Waals surface area contributed by atoms with Crippen LogP contribution in [0.2, 0.25) is 0 Å². The minimum absolute atomic E-state index is 0.101. The quantitative estimate of drug-likeness (QED) is 0.864. The van der Waals surface area contributed by atoms with E-state index in [2.05, 4.69) is 5.32 Å². The highest BCUT2D eigenvalue weighted by Crippen LogP contribution is 2.17. The van der Waals surface area contributed by atoms with Crippen molar-refractivity contribution in [3.05, 3.63) is 35.4 Å². The van der Waals surface area contributed by atoms with E-state index < -0.39 is 30.1 Å². The fourth-order valence-electron chi connectivity index (χ4n) is 2.73. The molecular weight excluding hydrogens is 304 g/mol. The third-order valence-corrected chi connectivity index (χ3v) is 3.96. The molecule has 1 aliphatic carbocycles. The summed E-state index contributed by atoms with van der Waals surface area (Å²) < 4.78 is 31.0. The van der Waals surface area contributed by atoms with Crippen LogP contribution in [0, 0.1) is 11.6 Å². The van der Waals surface area contributed by atoms with Crippen LogP contribution in [0.5, 0.6) is 0 Å². The van der Waals surface area contributed by atoms with Crippen LogP contribution in [-0.4, -0.2) is 24.5 Å². The average Bonchev–Trinajstić information content (AvgIpc) is 2.47. The Morgan fingerprint density at radius 1 is 1.09 bits per heavy atom. The number of nitrogens with one attached hydrogen (secondary N) is 1. The summed E-state index contributed by atoms with van der Waals surface area (Å²) in [6, 6.07) is 2.67. The molecule has 0 bridgehead atoms. The van der Waals surface area contributed by atoms with Gasteiger partial charge in [-0.3, -0.25) is 4.79 Å². The zero-order valence-electron chi connectivity index (χ0n) is 12.9. The predicted octanol–water partition coefficient (Wildman–Crippen LogP) is 3.35. The highest BCUT2D eigenvalue weighted by atomic mass is 19.1. The van der Waals surface area contributed by atoms with Gasteiger partial charge in [0.05, 0.1) is 5.56 Å². The molecule has 0 radical (unpaired) electrons. The van der Waals surface area contributed by atoms with Crippen LogP contribution < -0.4 is 5.32 Å². The maximum Gasteiger partial charge on any atom is 0.341 e. The van der Waals surface area contributed by atoms with Gasteiger partial charge in [0.2, 0.25) is 0 Å². The van der Waals surface area contributed by atoms with Gasteiger partial charge in [-0.05, 0) is 25.0 Å². The van der Waals surface area contributed by atoms with E-state index in [1.54, 1.807) is 0 Å². The van der Waals surface area contributed by atoms with Crippen molar-refractivity contribution < 1.29 is 23.1 Å². The van der Waals surface area contributed by atoms with Crippen molar-refractivity contribution in [1.29, 1.82) is 0 Å². The van der Waals surface area contributed by atoms with Crippen LogP contribution in [0.3, 0.4) is 0 Å². The van der Waals surface area contributed by atoms with E-state index in [1.165, 1.54) is 19.3 Å². The predicted molar refractivity (Wildman–Crippen MR) is 80.9 cm³/mol. The van der Waals surface area contributed by atoms with E-state index in [0.717, 1.165) is 37.8 Å². The maximum atomic E-state index is 13.4. The molecule has 1 saturated carbocycles. The molecule has 1 aromatic carbocycles. The number of esters is 1. The minimum atomic E-state index is -1.00. The molecule has 0 saturated heterocycles. The number of rotatable bonds is 4. The number of hydrogen-bond acceptors (Lipinski definition) is 3. The lowest BCUT2D eigenvalue weighted by molar-refractivity contribution is -0.125. The molecule has 0 spiro atoms. The molecule has 0 unspecified atom stereocenters. The Morgan fingerprint density at radius 2 is 1.74 bits per heavy atom. The summed E-state index contributed by atoms with van der Waals surface area (Å²) in [5, 5.41) is 2.85. The fraction of sp³-hybridized carbons (Fsp3) is 0.529. The van der Waals surface area contributed by atoms with Gasteiger partial charge in [-0.25, -0.2) is 13.6 Å². The van der Waals surface area contributed by atoms with E-state index >= 15 is 0 Å². The zero-order chi connectivity index (χ0) is 16.7. The third-order valence-electron chi connectivity index (χ3n) is 3.96. The van der Waals surface area contributed by atoms with Crippen molar-refractivity contribution in [2.75, 3.05) is 6.61 Å². The number of benzene rings is 1. The highest BCUT2D eigenvalue weighted by Gasteiger charge is 2.18. The Hall–Kier alpha value is -1.98.